The quantitative estimate of drug-likeness (QED) is 0.0431. The van der Waals surface area contributed by atoms with E-state index in [-0.39, 0.29) is 114 Å². The van der Waals surface area contributed by atoms with Crippen LogP contribution in [0, 0.1) is 104 Å². The molecular formula is C98H135Li2N5O28. The minimum atomic E-state index is -1.17. The number of carboxylic acids is 3. The second-order valence-corrected chi connectivity index (χ2v) is 37.1. The summed E-state index contributed by atoms with van der Waals surface area (Å²) in [5.74, 6) is 0.148. The fraction of sp³-hybridized carbons (Fsp3) is 0.592. The summed E-state index contributed by atoms with van der Waals surface area (Å²) in [5.41, 5.74) is 11.3. The number of phenolic OH excluding ortho intramolecular Hbond substituents is 5. The van der Waals surface area contributed by atoms with Gasteiger partial charge in [-0.15, -0.1) is 0 Å². The topological polar surface area (TPSA) is 491 Å². The van der Waals surface area contributed by atoms with E-state index in [9.17, 15) is 88.8 Å². The first-order valence-electron chi connectivity index (χ1n) is 44.8. The number of amides is 4. The first kappa shape index (κ1) is 112. The Bertz CT molecular complexity index is 5040. The summed E-state index contributed by atoms with van der Waals surface area (Å²) in [6, 6.07) is -2.62. The molecule has 0 aliphatic carbocycles. The van der Waals surface area contributed by atoms with Crippen LogP contribution >= 0.6 is 0 Å². The molecule has 15 rings (SSSR count). The van der Waals surface area contributed by atoms with Crippen molar-refractivity contribution in [2.75, 3.05) is 54.1 Å². The molecular weight excluding hydrogens is 1710 g/mol. The summed E-state index contributed by atoms with van der Waals surface area (Å²) in [5, 5.41) is 82.1. The molecule has 133 heavy (non-hydrogen) atoms. The van der Waals surface area contributed by atoms with Gasteiger partial charge in [-0.05, 0) is 325 Å². The van der Waals surface area contributed by atoms with Gasteiger partial charge < -0.3 is 115 Å². The predicted octanol–water partition coefficient (Wildman–Crippen LogP) is 6.14. The Labute approximate surface area is 802 Å². The van der Waals surface area contributed by atoms with E-state index in [2.05, 4.69) is 10.1 Å². The standard InChI is InChI=1S/2C20H27NO5.2C19H25NO5.C14H18O4.C6H11NO2.2Li.2H2O/c2*1-11-12(2)17-14(13(3)16(11)22)8-9-20(4,26-17)19(24)21-10-6-7-15(21)18(23)25-5;2*1-10-11(2)16-13(12(3)15(10)21)7-8-19(4,25-16)18(24)20-9-5-6-14(20)17(22)23;1-7-8(2)12-10(9(3)11(7)15)5-6-14(4,18-12)13(16)17;1-9-6(8)5-3-2-4-7-5;;;;/h2*15,22H,6-10H2,1-5H3;2*14,21H,5-9H2,1-4H3,(H,22,23);15H,5-6H2,1-4H3,(H,16,17);5,7H,2-4H2,1H3;;;2*1H2/q;;;;;;2*+1;;/p-2/t2*15-,20?;2*14-,19?;;;;;;/m0000....../s1. The molecule has 10 aliphatic rings. The van der Waals surface area contributed by atoms with Gasteiger partial charge in [0.05, 0.1) is 21.3 Å². The van der Waals surface area contributed by atoms with Crippen molar-refractivity contribution in [3.63, 3.8) is 0 Å². The fourth-order valence-electron chi connectivity index (χ4n) is 19.5. The number of likely N-dealkylation sites (tertiary alicyclic amines) is 4. The Kier molecular flexibility index (Phi) is 37.0. The van der Waals surface area contributed by atoms with E-state index in [4.69, 9.17) is 33.2 Å². The van der Waals surface area contributed by atoms with Crippen LogP contribution in [0.2, 0.25) is 0 Å². The van der Waals surface area contributed by atoms with Crippen LogP contribution in [0.3, 0.4) is 0 Å². The molecule has 0 spiro atoms. The van der Waals surface area contributed by atoms with Crippen LogP contribution in [0.1, 0.15) is 242 Å². The average Bonchev–Trinajstić information content (AvgIpc) is 1.73. The molecule has 4 amide bonds. The van der Waals surface area contributed by atoms with Gasteiger partial charge in [0, 0.05) is 86.1 Å². The maximum atomic E-state index is 13.3. The van der Waals surface area contributed by atoms with Crippen LogP contribution in [0.4, 0.5) is 0 Å². The SMILES string of the molecule is COC(=O)C1CCCN1.COC(=O)[C@@H]1CCCN1C(=O)C1(C)CCc2c(C)c(O)c(C)c(C)c2O1.COC(=O)[C@@H]1CCCN1C(=O)C1(C)CCc2c(C)c(O)c(C)c(C)c2O1.Cc1c(C)c2c(c(C)c1O)CCC(C)(C(=O)N1CCC[C@H]1C(=O)O)O2.Cc1c(C)c2c(c(C)c1O)CCC(C)(C(=O)N1CCC[C@H]1C(=O)O)O2.Cc1c(C)c2c(c(C)c1O)CCC(C)(C(=O)O)O2.[Li+].[Li+].[OH-].[OH-]. The van der Waals surface area contributed by atoms with Gasteiger partial charge in [0.15, 0.2) is 22.4 Å². The second kappa shape index (κ2) is 44.1. The largest absolute Gasteiger partial charge is 1.00 e. The number of aliphatic carboxylic acids is 3. The molecule has 6 unspecified atom stereocenters. The maximum absolute atomic E-state index is 13.3. The van der Waals surface area contributed by atoms with E-state index >= 15 is 0 Å². The molecule has 5 saturated heterocycles. The number of carboxylic acid groups (broad SMARTS) is 3. The van der Waals surface area contributed by atoms with E-state index in [0.29, 0.717) is 169 Å². The number of methoxy groups -OCH3 is 3. The number of benzene rings is 5. The number of carbonyl (C=O) groups is 10. The van der Waals surface area contributed by atoms with Crippen LogP contribution in [0.15, 0.2) is 0 Å². The van der Waals surface area contributed by atoms with Gasteiger partial charge in [-0.2, -0.15) is 0 Å². The number of phenols is 5. The van der Waals surface area contributed by atoms with Crippen molar-refractivity contribution in [1.82, 2.24) is 24.9 Å². The smallest absolute Gasteiger partial charge is 0.870 e. The molecule has 11 N–H and O–H groups in total. The van der Waals surface area contributed by atoms with Gasteiger partial charge in [0.1, 0.15) is 87.7 Å². The Balaban J connectivity index is 0.000000249. The molecule has 10 heterocycles. The summed E-state index contributed by atoms with van der Waals surface area (Å²) in [4.78, 5) is 128. The van der Waals surface area contributed by atoms with Gasteiger partial charge in [-0.3, -0.25) is 24.0 Å². The Hall–Kier alpha value is -10.1. The number of carbonyl (C=O) groups excluding carboxylic acids is 7. The number of fused-ring (bicyclic) bond motifs is 5. The van der Waals surface area contributed by atoms with Gasteiger partial charge in [-0.1, -0.05) is 0 Å². The first-order valence-corrected chi connectivity index (χ1v) is 44.8. The van der Waals surface area contributed by atoms with Gasteiger partial charge in [0.2, 0.25) is 5.60 Å². The molecule has 722 valence electrons. The summed E-state index contributed by atoms with van der Waals surface area (Å²) in [6.45, 7) is 39.5. The average molecular weight is 1850 g/mol. The number of aromatic hydroxyl groups is 5. The van der Waals surface area contributed by atoms with E-state index in [0.717, 1.165) is 143 Å². The Morgan fingerprint density at radius 3 is 0.722 bits per heavy atom. The molecule has 10 aliphatic heterocycles. The fourth-order valence-corrected chi connectivity index (χ4v) is 19.5. The Morgan fingerprint density at radius 2 is 0.519 bits per heavy atom. The summed E-state index contributed by atoms with van der Waals surface area (Å²) < 4.78 is 44.8. The summed E-state index contributed by atoms with van der Waals surface area (Å²) in [6.07, 6.45) is 12.7. The third-order valence-electron chi connectivity index (χ3n) is 29.0. The second-order valence-electron chi connectivity index (χ2n) is 37.1. The molecule has 0 bridgehead atoms. The minimum absolute atomic E-state index is 0. The zero-order valence-electron chi connectivity index (χ0n) is 82.2. The third-order valence-corrected chi connectivity index (χ3v) is 29.0. The molecule has 0 radical (unpaired) electrons. The molecule has 5 aromatic rings. The van der Waals surface area contributed by atoms with E-state index in [1.54, 1.807) is 44.4 Å². The first-order chi connectivity index (χ1) is 60.4. The van der Waals surface area contributed by atoms with Crippen molar-refractivity contribution in [1.29, 1.82) is 0 Å². The van der Waals surface area contributed by atoms with Crippen LogP contribution in [-0.2, 0) is 94.3 Å². The van der Waals surface area contributed by atoms with Crippen molar-refractivity contribution >= 4 is 59.4 Å². The number of hydrogen-bond donors (Lipinski definition) is 9. The maximum Gasteiger partial charge on any atom is 1.00 e. The van der Waals surface area contributed by atoms with E-state index < -0.39 is 70.1 Å². The zero-order valence-corrected chi connectivity index (χ0v) is 82.2. The monoisotopic (exact) mass is 1840 g/mol. The number of nitrogens with zero attached hydrogens (tertiary/aromatic N) is 4. The summed E-state index contributed by atoms with van der Waals surface area (Å²) >= 11 is 0. The number of hydrogen-bond acceptors (Lipinski definition) is 26. The van der Waals surface area contributed by atoms with Crippen molar-refractivity contribution in [2.24, 2.45) is 0 Å². The van der Waals surface area contributed by atoms with Crippen molar-refractivity contribution < 1.29 is 175 Å². The van der Waals surface area contributed by atoms with Gasteiger partial charge in [-0.25, -0.2) is 24.0 Å². The molecule has 0 aromatic heterocycles. The van der Waals surface area contributed by atoms with Gasteiger partial charge >= 0.3 is 73.5 Å². The van der Waals surface area contributed by atoms with E-state index in [1.807, 2.05) is 104 Å². The Morgan fingerprint density at radius 1 is 0.308 bits per heavy atom. The van der Waals surface area contributed by atoms with Crippen LogP contribution < -0.4 is 66.7 Å². The zero-order chi connectivity index (χ0) is 95.8. The molecule has 0 saturated carbocycles. The van der Waals surface area contributed by atoms with Crippen LogP contribution in [0.5, 0.6) is 57.5 Å². The van der Waals surface area contributed by atoms with Crippen molar-refractivity contribution in [2.45, 2.75) is 325 Å². The molecule has 5 fully saturated rings. The van der Waals surface area contributed by atoms with Crippen molar-refractivity contribution in [3.8, 4) is 57.5 Å². The predicted molar refractivity (Wildman–Crippen MR) is 481 cm³/mol. The third kappa shape index (κ3) is 21.7. The molecule has 33 nitrogen and oxygen atoms in total. The number of nitrogens with one attached hydrogen (secondary N) is 1. The van der Waals surface area contributed by atoms with Crippen molar-refractivity contribution in [3.05, 3.63) is 111 Å². The van der Waals surface area contributed by atoms with Gasteiger partial charge in [0.25, 0.3) is 23.6 Å². The molecule has 5 aromatic carbocycles. The van der Waals surface area contributed by atoms with Crippen LogP contribution in [-0.4, -0.2) is 243 Å². The summed E-state index contributed by atoms with van der Waals surface area (Å²) in [7, 11) is 4.11. The minimum Gasteiger partial charge on any atom is -0.870 e. The number of ether oxygens (including phenoxy) is 8. The number of esters is 3. The number of rotatable bonds is 10. The van der Waals surface area contributed by atoms with Crippen LogP contribution in [0.25, 0.3) is 0 Å². The molecule has 35 heteroatoms. The van der Waals surface area contributed by atoms with E-state index in [1.165, 1.54) is 31.1 Å². The molecule has 10 atom stereocenters. The normalized spacial score (nSPS) is 24.0.